The van der Waals surface area contributed by atoms with Gasteiger partial charge in [0.15, 0.2) is 11.5 Å². The number of halogens is 2. The highest BCUT2D eigenvalue weighted by Crippen LogP contribution is 2.29. The Balaban J connectivity index is 2.71. The lowest BCUT2D eigenvalue weighted by Gasteiger charge is -2.15. The van der Waals surface area contributed by atoms with Crippen molar-refractivity contribution in [2.75, 3.05) is 20.3 Å². The fourth-order valence-electron chi connectivity index (χ4n) is 1.73. The van der Waals surface area contributed by atoms with E-state index < -0.39 is 6.61 Å². The van der Waals surface area contributed by atoms with Crippen LogP contribution in [0.5, 0.6) is 11.5 Å². The van der Waals surface area contributed by atoms with Gasteiger partial charge in [0.2, 0.25) is 0 Å². The second-order valence-electron chi connectivity index (χ2n) is 4.33. The van der Waals surface area contributed by atoms with E-state index in [1.807, 2.05) is 6.92 Å². The monoisotopic (exact) mass is 289 g/mol. The minimum Gasteiger partial charge on any atom is -0.490 e. The van der Waals surface area contributed by atoms with E-state index in [2.05, 4.69) is 10.1 Å². The maximum Gasteiger partial charge on any atom is 0.387 e. The molecule has 1 unspecified atom stereocenters. The molecule has 0 saturated heterocycles. The molecule has 0 heterocycles. The summed E-state index contributed by atoms with van der Waals surface area (Å²) in [5.74, 6) is 0.377. The van der Waals surface area contributed by atoms with Gasteiger partial charge in [-0.1, -0.05) is 6.07 Å². The summed E-state index contributed by atoms with van der Waals surface area (Å²) in [5.41, 5.74) is 0.929. The van der Waals surface area contributed by atoms with Crippen molar-refractivity contribution in [1.29, 1.82) is 0 Å². The molecule has 1 aromatic carbocycles. The van der Waals surface area contributed by atoms with Crippen molar-refractivity contribution < 1.29 is 23.0 Å². The molecule has 0 bridgehead atoms. The molecule has 0 spiro atoms. The molecular weight excluding hydrogens is 268 g/mol. The SMILES string of the molecule is CCOc1cc(CNC(C)COC)ccc1OC(F)F. The van der Waals surface area contributed by atoms with Crippen LogP contribution in [-0.4, -0.2) is 33.0 Å². The van der Waals surface area contributed by atoms with Gasteiger partial charge in [-0.3, -0.25) is 0 Å². The van der Waals surface area contributed by atoms with Gasteiger partial charge in [0.1, 0.15) is 0 Å². The standard InChI is InChI=1S/C14H21F2NO3/c1-4-19-13-7-11(8-17-10(2)9-18-3)5-6-12(13)20-14(15)16/h5-7,10,14,17H,4,8-9H2,1-3H3. The third-order valence-corrected chi connectivity index (χ3v) is 2.60. The normalized spacial score (nSPS) is 12.5. The molecule has 1 N–H and O–H groups in total. The second-order valence-corrected chi connectivity index (χ2v) is 4.33. The first-order chi connectivity index (χ1) is 9.56. The zero-order valence-electron chi connectivity index (χ0n) is 12.0. The maximum absolute atomic E-state index is 12.3. The molecule has 0 amide bonds. The predicted octanol–water partition coefficient (Wildman–Crippen LogP) is 2.81. The Kier molecular flexibility index (Phi) is 7.25. The topological polar surface area (TPSA) is 39.7 Å². The Morgan fingerprint density at radius 2 is 2.00 bits per heavy atom. The second kappa shape index (κ2) is 8.71. The summed E-state index contributed by atoms with van der Waals surface area (Å²) in [6.07, 6.45) is 0. The molecule has 4 nitrogen and oxygen atoms in total. The average molecular weight is 289 g/mol. The predicted molar refractivity (Wildman–Crippen MR) is 72.4 cm³/mol. The van der Waals surface area contributed by atoms with Crippen molar-refractivity contribution in [3.63, 3.8) is 0 Å². The Bertz CT molecular complexity index is 402. The number of rotatable bonds is 9. The number of alkyl halides is 2. The van der Waals surface area contributed by atoms with Crippen LogP contribution in [0.1, 0.15) is 19.4 Å². The third-order valence-electron chi connectivity index (χ3n) is 2.60. The van der Waals surface area contributed by atoms with Crippen molar-refractivity contribution in [3.8, 4) is 11.5 Å². The first-order valence-electron chi connectivity index (χ1n) is 6.49. The van der Waals surface area contributed by atoms with E-state index in [-0.39, 0.29) is 11.8 Å². The molecule has 0 radical (unpaired) electrons. The first kappa shape index (κ1) is 16.7. The van der Waals surface area contributed by atoms with E-state index in [9.17, 15) is 8.78 Å². The molecule has 0 aliphatic rings. The Labute approximate surface area is 118 Å². The molecule has 1 aromatic rings. The lowest BCUT2D eigenvalue weighted by Crippen LogP contribution is -2.29. The molecular formula is C14H21F2NO3. The minimum atomic E-state index is -2.86. The van der Waals surface area contributed by atoms with Crippen LogP contribution in [0.3, 0.4) is 0 Å². The number of nitrogens with one attached hydrogen (secondary N) is 1. The van der Waals surface area contributed by atoms with E-state index in [4.69, 9.17) is 9.47 Å². The van der Waals surface area contributed by atoms with Gasteiger partial charge in [-0.15, -0.1) is 0 Å². The van der Waals surface area contributed by atoms with Gasteiger partial charge in [-0.25, -0.2) is 0 Å². The molecule has 0 aliphatic heterocycles. The van der Waals surface area contributed by atoms with E-state index >= 15 is 0 Å². The van der Waals surface area contributed by atoms with E-state index in [0.29, 0.717) is 25.5 Å². The van der Waals surface area contributed by atoms with Crippen LogP contribution in [0.25, 0.3) is 0 Å². The van der Waals surface area contributed by atoms with Gasteiger partial charge < -0.3 is 19.5 Å². The molecule has 1 atom stereocenters. The summed E-state index contributed by atoms with van der Waals surface area (Å²) < 4.78 is 39.3. The van der Waals surface area contributed by atoms with E-state index in [1.165, 1.54) is 6.07 Å². The van der Waals surface area contributed by atoms with Crippen LogP contribution in [0, 0.1) is 0 Å². The number of ether oxygens (including phenoxy) is 3. The summed E-state index contributed by atoms with van der Waals surface area (Å²) in [6.45, 7) is 2.51. The van der Waals surface area contributed by atoms with Gasteiger partial charge >= 0.3 is 6.61 Å². The van der Waals surface area contributed by atoms with Crippen molar-refractivity contribution >= 4 is 0 Å². The van der Waals surface area contributed by atoms with Gasteiger partial charge in [0.25, 0.3) is 0 Å². The zero-order valence-corrected chi connectivity index (χ0v) is 12.0. The number of hydrogen-bond acceptors (Lipinski definition) is 4. The lowest BCUT2D eigenvalue weighted by molar-refractivity contribution is -0.0514. The average Bonchev–Trinajstić information content (AvgIpc) is 2.39. The first-order valence-corrected chi connectivity index (χ1v) is 6.49. The fraction of sp³-hybridized carbons (Fsp3) is 0.571. The Hall–Kier alpha value is -1.40. The largest absolute Gasteiger partial charge is 0.490 e. The van der Waals surface area contributed by atoms with E-state index in [1.54, 1.807) is 26.2 Å². The zero-order chi connectivity index (χ0) is 15.0. The summed E-state index contributed by atoms with van der Waals surface area (Å²) in [4.78, 5) is 0. The van der Waals surface area contributed by atoms with E-state index in [0.717, 1.165) is 5.56 Å². The van der Waals surface area contributed by atoms with Gasteiger partial charge in [0.05, 0.1) is 13.2 Å². The van der Waals surface area contributed by atoms with Crippen LogP contribution < -0.4 is 14.8 Å². The Morgan fingerprint density at radius 1 is 1.25 bits per heavy atom. The highest BCUT2D eigenvalue weighted by molar-refractivity contribution is 5.43. The maximum atomic E-state index is 12.3. The third kappa shape index (κ3) is 5.71. The van der Waals surface area contributed by atoms with Crippen LogP contribution in [0.4, 0.5) is 8.78 Å². The van der Waals surface area contributed by atoms with Gasteiger partial charge in [0, 0.05) is 19.7 Å². The van der Waals surface area contributed by atoms with Crippen LogP contribution in [0.15, 0.2) is 18.2 Å². The highest BCUT2D eigenvalue weighted by Gasteiger charge is 2.11. The summed E-state index contributed by atoms with van der Waals surface area (Å²) in [7, 11) is 1.64. The molecule has 0 fully saturated rings. The minimum absolute atomic E-state index is 0.0514. The smallest absolute Gasteiger partial charge is 0.387 e. The summed E-state index contributed by atoms with van der Waals surface area (Å²) in [6, 6.07) is 5.13. The molecule has 20 heavy (non-hydrogen) atoms. The van der Waals surface area contributed by atoms with Gasteiger partial charge in [-0.05, 0) is 31.5 Å². The van der Waals surface area contributed by atoms with Crippen molar-refractivity contribution in [2.24, 2.45) is 0 Å². The molecule has 6 heteroatoms. The quantitative estimate of drug-likeness (QED) is 0.759. The number of benzene rings is 1. The highest BCUT2D eigenvalue weighted by atomic mass is 19.3. The molecule has 114 valence electrons. The summed E-state index contributed by atoms with van der Waals surface area (Å²) in [5, 5.41) is 3.26. The molecule has 1 rings (SSSR count). The Morgan fingerprint density at radius 3 is 2.60 bits per heavy atom. The lowest BCUT2D eigenvalue weighted by atomic mass is 10.2. The van der Waals surface area contributed by atoms with Crippen molar-refractivity contribution in [3.05, 3.63) is 23.8 Å². The van der Waals surface area contributed by atoms with Crippen LogP contribution >= 0.6 is 0 Å². The van der Waals surface area contributed by atoms with Crippen molar-refractivity contribution in [2.45, 2.75) is 33.0 Å². The summed E-state index contributed by atoms with van der Waals surface area (Å²) >= 11 is 0. The number of methoxy groups -OCH3 is 1. The number of hydrogen-bond donors (Lipinski definition) is 1. The van der Waals surface area contributed by atoms with Crippen molar-refractivity contribution in [1.82, 2.24) is 5.32 Å². The van der Waals surface area contributed by atoms with Crippen LogP contribution in [0.2, 0.25) is 0 Å². The van der Waals surface area contributed by atoms with Crippen LogP contribution in [-0.2, 0) is 11.3 Å². The molecule has 0 aromatic heterocycles. The molecule has 0 saturated carbocycles. The fourth-order valence-corrected chi connectivity index (χ4v) is 1.73. The molecule has 0 aliphatic carbocycles. The van der Waals surface area contributed by atoms with Gasteiger partial charge in [-0.2, -0.15) is 8.78 Å².